The summed E-state index contributed by atoms with van der Waals surface area (Å²) in [5.74, 6) is 1.19. The molecule has 0 saturated heterocycles. The zero-order valence-electron chi connectivity index (χ0n) is 11.8. The molecule has 106 valence electrons. The molecule has 3 heteroatoms. The van der Waals surface area contributed by atoms with E-state index in [9.17, 15) is 0 Å². The third kappa shape index (κ3) is 3.58. The fourth-order valence-electron chi connectivity index (χ4n) is 2.47. The fourth-order valence-corrected chi connectivity index (χ4v) is 2.47. The third-order valence-corrected chi connectivity index (χ3v) is 3.54. The highest BCUT2D eigenvalue weighted by Gasteiger charge is 2.13. The van der Waals surface area contributed by atoms with Gasteiger partial charge in [-0.15, -0.1) is 0 Å². The molecule has 2 aromatic carbocycles. The largest absolute Gasteiger partial charge is 0.360 e. The number of hydrogen-bond acceptors (Lipinski definition) is 3. The predicted molar refractivity (Wildman–Crippen MR) is 82.9 cm³/mol. The van der Waals surface area contributed by atoms with Gasteiger partial charge in [-0.3, -0.25) is 0 Å². The second kappa shape index (κ2) is 6.86. The van der Waals surface area contributed by atoms with Gasteiger partial charge in [-0.1, -0.05) is 65.8 Å². The number of aromatic nitrogens is 1. The van der Waals surface area contributed by atoms with Crippen LogP contribution in [0.15, 0.2) is 77.4 Å². The van der Waals surface area contributed by atoms with Crippen molar-refractivity contribution in [2.45, 2.75) is 12.5 Å². The van der Waals surface area contributed by atoms with Crippen molar-refractivity contribution in [2.24, 2.45) is 0 Å². The summed E-state index contributed by atoms with van der Waals surface area (Å²) in [6.07, 6.45) is 1.67. The summed E-state index contributed by atoms with van der Waals surface area (Å²) in [4.78, 5) is 0. The van der Waals surface area contributed by atoms with Gasteiger partial charge in [-0.2, -0.15) is 0 Å². The molecule has 1 N–H and O–H groups in total. The molecule has 0 spiro atoms. The smallest absolute Gasteiger partial charge is 0.150 e. The quantitative estimate of drug-likeness (QED) is 0.748. The van der Waals surface area contributed by atoms with Crippen molar-refractivity contribution >= 4 is 0 Å². The molecule has 3 rings (SSSR count). The molecule has 0 aliphatic heterocycles. The Labute approximate surface area is 124 Å². The van der Waals surface area contributed by atoms with Crippen LogP contribution >= 0.6 is 0 Å². The van der Waals surface area contributed by atoms with Gasteiger partial charge in [0.25, 0.3) is 0 Å². The van der Waals surface area contributed by atoms with Gasteiger partial charge >= 0.3 is 0 Å². The Kier molecular flexibility index (Phi) is 4.44. The van der Waals surface area contributed by atoms with Gasteiger partial charge in [-0.25, -0.2) is 0 Å². The summed E-state index contributed by atoms with van der Waals surface area (Å²) in [5.41, 5.74) is 2.63. The van der Waals surface area contributed by atoms with E-state index < -0.39 is 0 Å². The van der Waals surface area contributed by atoms with Gasteiger partial charge in [0.2, 0.25) is 0 Å². The van der Waals surface area contributed by atoms with Crippen molar-refractivity contribution in [3.63, 3.8) is 0 Å². The van der Waals surface area contributed by atoms with Crippen LogP contribution in [0.3, 0.4) is 0 Å². The number of nitrogens with one attached hydrogen (secondary N) is 1. The Morgan fingerprint density at radius 1 is 0.857 bits per heavy atom. The van der Waals surface area contributed by atoms with E-state index in [-0.39, 0.29) is 0 Å². The minimum Gasteiger partial charge on any atom is -0.360 e. The van der Waals surface area contributed by atoms with Gasteiger partial charge in [0.05, 0.1) is 12.7 Å². The Morgan fingerprint density at radius 2 is 1.48 bits per heavy atom. The molecule has 3 aromatic rings. The van der Waals surface area contributed by atoms with Gasteiger partial charge in [0.1, 0.15) is 5.76 Å². The lowest BCUT2D eigenvalue weighted by molar-refractivity contribution is 0.372. The Balaban J connectivity index is 1.73. The lowest BCUT2D eigenvalue weighted by Gasteiger charge is -2.18. The van der Waals surface area contributed by atoms with E-state index in [4.69, 9.17) is 4.52 Å². The Bertz CT molecular complexity index is 596. The van der Waals surface area contributed by atoms with E-state index in [2.05, 4.69) is 59.0 Å². The molecule has 1 aromatic heterocycles. The first-order valence-corrected chi connectivity index (χ1v) is 7.13. The van der Waals surface area contributed by atoms with Crippen molar-refractivity contribution in [3.05, 3.63) is 89.8 Å². The van der Waals surface area contributed by atoms with Gasteiger partial charge in [0.15, 0.2) is 0 Å². The summed E-state index contributed by atoms with van der Waals surface area (Å²) in [5, 5.41) is 7.17. The van der Waals surface area contributed by atoms with Crippen molar-refractivity contribution in [1.82, 2.24) is 10.5 Å². The summed E-state index contributed by atoms with van der Waals surface area (Å²) < 4.78 is 5.11. The van der Waals surface area contributed by atoms with Crippen LogP contribution in [0.1, 0.15) is 22.8 Å². The fraction of sp³-hybridized carbons (Fsp3) is 0.167. The molecule has 0 radical (unpaired) electrons. The average Bonchev–Trinajstić information content (AvgIpc) is 3.07. The first-order valence-electron chi connectivity index (χ1n) is 7.13. The summed E-state index contributed by atoms with van der Waals surface area (Å²) in [6, 6.07) is 23.0. The molecule has 3 nitrogen and oxygen atoms in total. The van der Waals surface area contributed by atoms with Crippen molar-refractivity contribution in [3.8, 4) is 0 Å². The Hall–Kier alpha value is -2.39. The minimum absolute atomic E-state index is 0.329. The molecule has 21 heavy (non-hydrogen) atoms. The van der Waals surface area contributed by atoms with Crippen molar-refractivity contribution < 1.29 is 4.52 Å². The van der Waals surface area contributed by atoms with E-state index in [1.165, 1.54) is 11.1 Å². The molecule has 0 atom stereocenters. The normalized spacial score (nSPS) is 10.9. The van der Waals surface area contributed by atoms with Crippen LogP contribution in [0, 0.1) is 0 Å². The summed E-state index contributed by atoms with van der Waals surface area (Å²) in [6.45, 7) is 1.55. The highest BCUT2D eigenvalue weighted by Crippen LogP contribution is 2.23. The molecule has 0 amide bonds. The zero-order valence-corrected chi connectivity index (χ0v) is 11.8. The molecule has 0 fully saturated rings. The summed E-state index contributed by atoms with van der Waals surface area (Å²) in [7, 11) is 0. The molecule has 0 unspecified atom stereocenters. The second-order valence-corrected chi connectivity index (χ2v) is 4.98. The predicted octanol–water partition coefficient (Wildman–Crippen LogP) is 3.60. The number of nitrogens with zero attached hydrogens (tertiary/aromatic N) is 1. The molecule has 0 saturated carbocycles. The van der Waals surface area contributed by atoms with Crippen LogP contribution in [0.5, 0.6) is 0 Å². The van der Waals surface area contributed by atoms with E-state index in [0.717, 1.165) is 12.3 Å². The molecule has 1 heterocycles. The number of rotatable bonds is 6. The SMILES string of the molecule is c1ccc(C(CNCc2ccno2)c2ccccc2)cc1. The van der Waals surface area contributed by atoms with Crippen LogP contribution in [-0.4, -0.2) is 11.7 Å². The Morgan fingerprint density at radius 3 is 2.00 bits per heavy atom. The second-order valence-electron chi connectivity index (χ2n) is 4.98. The van der Waals surface area contributed by atoms with Crippen molar-refractivity contribution in [2.75, 3.05) is 6.54 Å². The van der Waals surface area contributed by atoms with Crippen molar-refractivity contribution in [1.29, 1.82) is 0 Å². The monoisotopic (exact) mass is 278 g/mol. The third-order valence-electron chi connectivity index (χ3n) is 3.54. The lowest BCUT2D eigenvalue weighted by atomic mass is 9.91. The summed E-state index contributed by atoms with van der Waals surface area (Å²) >= 11 is 0. The maximum absolute atomic E-state index is 5.11. The molecular formula is C18H18N2O. The first kappa shape index (κ1) is 13.6. The molecule has 0 aliphatic rings. The van der Waals surface area contributed by atoms with Crippen LogP contribution < -0.4 is 5.32 Å². The highest BCUT2D eigenvalue weighted by atomic mass is 16.5. The van der Waals surface area contributed by atoms with E-state index in [1.807, 2.05) is 18.2 Å². The minimum atomic E-state index is 0.329. The lowest BCUT2D eigenvalue weighted by Crippen LogP contribution is -2.21. The van der Waals surface area contributed by atoms with Gasteiger partial charge in [0, 0.05) is 18.5 Å². The topological polar surface area (TPSA) is 38.1 Å². The van der Waals surface area contributed by atoms with Gasteiger partial charge in [-0.05, 0) is 11.1 Å². The number of hydrogen-bond donors (Lipinski definition) is 1. The van der Waals surface area contributed by atoms with Crippen LogP contribution in [0.4, 0.5) is 0 Å². The van der Waals surface area contributed by atoms with Gasteiger partial charge < -0.3 is 9.84 Å². The van der Waals surface area contributed by atoms with E-state index >= 15 is 0 Å². The standard InChI is InChI=1S/C18H18N2O/c1-3-7-15(8-4-1)18(16-9-5-2-6-10-16)14-19-13-17-11-12-20-21-17/h1-12,18-19H,13-14H2. The van der Waals surface area contributed by atoms with Crippen LogP contribution in [0.2, 0.25) is 0 Å². The van der Waals surface area contributed by atoms with E-state index in [0.29, 0.717) is 12.5 Å². The molecule has 0 aliphatic carbocycles. The molecular weight excluding hydrogens is 260 g/mol. The highest BCUT2D eigenvalue weighted by molar-refractivity contribution is 5.32. The maximum atomic E-state index is 5.11. The number of benzene rings is 2. The maximum Gasteiger partial charge on any atom is 0.150 e. The zero-order chi connectivity index (χ0) is 14.3. The van der Waals surface area contributed by atoms with Crippen LogP contribution in [0.25, 0.3) is 0 Å². The van der Waals surface area contributed by atoms with Crippen LogP contribution in [-0.2, 0) is 6.54 Å². The first-order chi connectivity index (χ1) is 10.4. The molecule has 0 bridgehead atoms. The van der Waals surface area contributed by atoms with E-state index in [1.54, 1.807) is 6.20 Å². The average molecular weight is 278 g/mol.